The normalized spacial score (nSPS) is 19.3. The van der Waals surface area contributed by atoms with Crippen LogP contribution in [0.5, 0.6) is 5.75 Å². The minimum absolute atomic E-state index is 0.168. The highest BCUT2D eigenvalue weighted by molar-refractivity contribution is 7.83. The number of halogens is 2. The smallest absolute Gasteiger partial charge is 0.329 e. The Morgan fingerprint density at radius 2 is 1.73 bits per heavy atom. The molecule has 1 N–H and O–H groups in total. The second-order valence-electron chi connectivity index (χ2n) is 8.64. The number of ether oxygens (including phenoxy) is 1. The minimum Gasteiger partial charge on any atom is -0.490 e. The molecule has 178 valence electrons. The van der Waals surface area contributed by atoms with Crippen molar-refractivity contribution in [1.82, 2.24) is 14.5 Å². The predicted molar refractivity (Wildman–Crippen MR) is 132 cm³/mol. The van der Waals surface area contributed by atoms with Crippen molar-refractivity contribution >= 4 is 40.2 Å². The zero-order chi connectivity index (χ0) is 23.4. The van der Waals surface area contributed by atoms with Gasteiger partial charge < -0.3 is 9.64 Å². The van der Waals surface area contributed by atoms with Gasteiger partial charge in [-0.2, -0.15) is 0 Å². The number of nitrogens with zero attached hydrogens (tertiary/aromatic N) is 2. The number of benzene rings is 2. The van der Waals surface area contributed by atoms with Gasteiger partial charge in [0.1, 0.15) is 11.9 Å². The molecule has 2 amide bonds. The highest BCUT2D eigenvalue weighted by Gasteiger charge is 2.30. The van der Waals surface area contributed by atoms with Gasteiger partial charge in [-0.05, 0) is 62.4 Å². The van der Waals surface area contributed by atoms with Crippen LogP contribution < -0.4 is 9.46 Å². The molecule has 1 unspecified atom stereocenters. The maximum absolute atomic E-state index is 12.6. The fourth-order valence-electron chi connectivity index (χ4n) is 4.47. The number of rotatable bonds is 5. The van der Waals surface area contributed by atoms with Crippen LogP contribution in [0, 0.1) is 6.92 Å². The van der Waals surface area contributed by atoms with E-state index < -0.39 is 11.0 Å². The lowest BCUT2D eigenvalue weighted by atomic mass is 9.99. The van der Waals surface area contributed by atoms with Gasteiger partial charge in [0.2, 0.25) is 0 Å². The largest absolute Gasteiger partial charge is 0.490 e. The lowest BCUT2D eigenvalue weighted by Crippen LogP contribution is -2.51. The SMILES string of the molecule is Cc1cccc(S(=O)NC(=O)N2CCC(N3CCC(Oc4ccc(Cl)c(Cl)c4)CC3)CC2)c1. The van der Waals surface area contributed by atoms with Crippen LogP contribution in [0.1, 0.15) is 31.2 Å². The summed E-state index contributed by atoms with van der Waals surface area (Å²) in [5, 5.41) is 1.03. The van der Waals surface area contributed by atoms with Gasteiger partial charge in [-0.25, -0.2) is 9.00 Å². The number of nitrogens with one attached hydrogen (secondary N) is 1. The molecule has 2 heterocycles. The highest BCUT2D eigenvalue weighted by Crippen LogP contribution is 2.29. The summed E-state index contributed by atoms with van der Waals surface area (Å²) >= 11 is 12.1. The summed E-state index contributed by atoms with van der Waals surface area (Å²) in [6.07, 6.45) is 3.92. The van der Waals surface area contributed by atoms with E-state index in [0.29, 0.717) is 34.1 Å². The van der Waals surface area contributed by atoms with Gasteiger partial charge in [0, 0.05) is 38.3 Å². The van der Waals surface area contributed by atoms with Crippen LogP contribution in [0.25, 0.3) is 0 Å². The maximum Gasteiger partial charge on any atom is 0.329 e. The zero-order valence-electron chi connectivity index (χ0n) is 18.6. The zero-order valence-corrected chi connectivity index (χ0v) is 21.0. The van der Waals surface area contributed by atoms with Crippen LogP contribution in [-0.4, -0.2) is 58.4 Å². The van der Waals surface area contributed by atoms with Crippen LogP contribution in [0.4, 0.5) is 4.79 Å². The summed E-state index contributed by atoms with van der Waals surface area (Å²) in [5.74, 6) is 0.755. The number of amides is 2. The topological polar surface area (TPSA) is 61.9 Å². The van der Waals surface area contributed by atoms with Crippen molar-refractivity contribution in [3.05, 3.63) is 58.1 Å². The molecule has 33 heavy (non-hydrogen) atoms. The first-order chi connectivity index (χ1) is 15.9. The molecule has 2 aliphatic heterocycles. The van der Waals surface area contributed by atoms with Crippen LogP contribution >= 0.6 is 23.2 Å². The Labute approximate surface area is 207 Å². The third-order valence-corrected chi connectivity index (χ3v) is 8.10. The number of hydrogen-bond acceptors (Lipinski definition) is 4. The van der Waals surface area contributed by atoms with Crippen LogP contribution in [0.3, 0.4) is 0 Å². The van der Waals surface area contributed by atoms with Gasteiger partial charge in [-0.1, -0.05) is 35.3 Å². The average Bonchev–Trinajstić information content (AvgIpc) is 2.82. The molecule has 2 aliphatic rings. The van der Waals surface area contributed by atoms with E-state index in [2.05, 4.69) is 9.62 Å². The van der Waals surface area contributed by atoms with Crippen LogP contribution in [0.15, 0.2) is 47.4 Å². The number of piperidine rings is 2. The molecule has 0 aromatic heterocycles. The second-order valence-corrected chi connectivity index (χ2v) is 10.7. The van der Waals surface area contributed by atoms with E-state index in [1.54, 1.807) is 23.1 Å². The number of aryl methyl sites for hydroxylation is 1. The van der Waals surface area contributed by atoms with E-state index >= 15 is 0 Å². The fourth-order valence-corrected chi connectivity index (χ4v) is 5.66. The Bertz CT molecular complexity index is 1010. The Morgan fingerprint density at radius 3 is 2.39 bits per heavy atom. The van der Waals surface area contributed by atoms with Crippen molar-refractivity contribution in [2.24, 2.45) is 0 Å². The molecule has 6 nitrogen and oxygen atoms in total. The van der Waals surface area contributed by atoms with Crippen molar-refractivity contribution in [3.63, 3.8) is 0 Å². The molecular weight excluding hydrogens is 481 g/mol. The summed E-state index contributed by atoms with van der Waals surface area (Å²) in [7, 11) is -1.54. The van der Waals surface area contributed by atoms with Crippen LogP contribution in [-0.2, 0) is 11.0 Å². The van der Waals surface area contributed by atoms with Crippen molar-refractivity contribution in [3.8, 4) is 5.75 Å². The number of hydrogen-bond donors (Lipinski definition) is 1. The first-order valence-electron chi connectivity index (χ1n) is 11.3. The minimum atomic E-state index is -1.54. The Hall–Kier alpha value is -1.80. The molecule has 2 fully saturated rings. The molecular formula is C24H29Cl2N3O3S. The van der Waals surface area contributed by atoms with Crippen molar-refractivity contribution in [2.45, 2.75) is 49.6 Å². The summed E-state index contributed by atoms with van der Waals surface area (Å²) < 4.78 is 21.2. The standard InChI is InChI=1S/C24H29Cl2N3O3S/c1-17-3-2-4-21(15-17)33(31)27-24(30)29-11-7-18(8-12-29)28-13-9-19(10-14-28)32-20-5-6-22(25)23(26)16-20/h2-6,15-16,18-19H,7-14H2,1H3,(H,27,30). The number of carbonyl (C=O) groups excluding carboxylic acids is 1. The van der Waals surface area contributed by atoms with Gasteiger partial charge in [0.05, 0.1) is 14.9 Å². The molecule has 0 radical (unpaired) electrons. The molecule has 0 spiro atoms. The van der Waals surface area contributed by atoms with E-state index in [1.165, 1.54) is 0 Å². The summed E-state index contributed by atoms with van der Waals surface area (Å²) in [5.41, 5.74) is 1.02. The fraction of sp³-hybridized carbons (Fsp3) is 0.458. The average molecular weight is 510 g/mol. The quantitative estimate of drug-likeness (QED) is 0.612. The molecule has 0 bridgehead atoms. The van der Waals surface area contributed by atoms with E-state index in [-0.39, 0.29) is 12.1 Å². The van der Waals surface area contributed by atoms with E-state index in [4.69, 9.17) is 27.9 Å². The highest BCUT2D eigenvalue weighted by atomic mass is 35.5. The van der Waals surface area contributed by atoms with Gasteiger partial charge in [-0.15, -0.1) is 0 Å². The summed E-state index contributed by atoms with van der Waals surface area (Å²) in [6.45, 7) is 5.22. The Kier molecular flexibility index (Phi) is 8.17. The lowest BCUT2D eigenvalue weighted by molar-refractivity contribution is 0.0540. The van der Waals surface area contributed by atoms with Gasteiger partial charge in [-0.3, -0.25) is 9.62 Å². The Balaban J connectivity index is 1.20. The maximum atomic E-state index is 12.6. The van der Waals surface area contributed by atoms with Crippen LogP contribution in [0.2, 0.25) is 10.0 Å². The molecule has 4 rings (SSSR count). The Morgan fingerprint density at radius 1 is 1.00 bits per heavy atom. The van der Waals surface area contributed by atoms with E-state index in [9.17, 15) is 9.00 Å². The third-order valence-electron chi connectivity index (χ3n) is 6.32. The first-order valence-corrected chi connectivity index (χ1v) is 13.2. The second kappa shape index (κ2) is 11.1. The summed E-state index contributed by atoms with van der Waals surface area (Å²) in [6, 6.07) is 13.0. The van der Waals surface area contributed by atoms with Crippen molar-refractivity contribution < 1.29 is 13.7 Å². The molecule has 2 aromatic rings. The van der Waals surface area contributed by atoms with E-state index in [1.807, 2.05) is 31.2 Å². The first kappa shape index (κ1) is 24.3. The van der Waals surface area contributed by atoms with Gasteiger partial charge in [0.15, 0.2) is 11.0 Å². The number of urea groups is 1. The predicted octanol–water partition coefficient (Wildman–Crippen LogP) is 5.04. The molecule has 0 saturated carbocycles. The monoisotopic (exact) mass is 509 g/mol. The third kappa shape index (κ3) is 6.41. The lowest BCUT2D eigenvalue weighted by Gasteiger charge is -2.41. The summed E-state index contributed by atoms with van der Waals surface area (Å²) in [4.78, 5) is 17.5. The van der Waals surface area contributed by atoms with Crippen molar-refractivity contribution in [2.75, 3.05) is 26.2 Å². The molecule has 2 aromatic carbocycles. The number of likely N-dealkylation sites (tertiary alicyclic amines) is 2. The van der Waals surface area contributed by atoms with Gasteiger partial charge >= 0.3 is 6.03 Å². The molecule has 2 saturated heterocycles. The number of carbonyl (C=O) groups is 1. The van der Waals surface area contributed by atoms with Crippen molar-refractivity contribution in [1.29, 1.82) is 0 Å². The molecule has 1 atom stereocenters. The molecule has 0 aliphatic carbocycles. The van der Waals surface area contributed by atoms with Gasteiger partial charge in [0.25, 0.3) is 0 Å². The van der Waals surface area contributed by atoms with E-state index in [0.717, 1.165) is 50.1 Å². The molecule has 9 heteroatoms.